The number of hydrogen-bond donors (Lipinski definition) is 1. The summed E-state index contributed by atoms with van der Waals surface area (Å²) in [4.78, 5) is 9.28. The van der Waals surface area contributed by atoms with Crippen molar-refractivity contribution in [3.63, 3.8) is 0 Å². The molecular formula is C12H19N3S2. The van der Waals surface area contributed by atoms with Crippen LogP contribution < -0.4 is 5.32 Å². The van der Waals surface area contributed by atoms with Crippen molar-refractivity contribution < 1.29 is 0 Å². The first kappa shape index (κ1) is 13.2. The van der Waals surface area contributed by atoms with Crippen LogP contribution in [0.25, 0.3) is 0 Å². The molecule has 1 fully saturated rings. The summed E-state index contributed by atoms with van der Waals surface area (Å²) >= 11 is 4.00. The van der Waals surface area contributed by atoms with Crippen molar-refractivity contribution in [3.05, 3.63) is 23.3 Å². The summed E-state index contributed by atoms with van der Waals surface area (Å²) in [6.07, 6.45) is 0. The Kier molecular flexibility index (Phi) is 5.13. The molecule has 0 amide bonds. The summed E-state index contributed by atoms with van der Waals surface area (Å²) < 4.78 is 0. The lowest BCUT2D eigenvalue weighted by molar-refractivity contribution is 0.698. The van der Waals surface area contributed by atoms with Crippen molar-refractivity contribution in [1.29, 1.82) is 0 Å². The topological polar surface area (TPSA) is 37.8 Å². The van der Waals surface area contributed by atoms with Crippen LogP contribution in [0.2, 0.25) is 0 Å². The standard InChI is InChI=1S/C12H19N3S2/c1-3-13-7-10-6-9(2)14-12(15-10)11-8-16-4-5-17-11/h6,11,13H,3-5,7-8H2,1-2H3. The van der Waals surface area contributed by atoms with Gasteiger partial charge in [0, 0.05) is 29.5 Å². The number of thioether (sulfide) groups is 2. The minimum Gasteiger partial charge on any atom is -0.311 e. The number of aromatic nitrogens is 2. The Balaban J connectivity index is 2.12. The lowest BCUT2D eigenvalue weighted by atomic mass is 10.3. The molecule has 3 nitrogen and oxygen atoms in total. The number of nitrogens with zero attached hydrogens (tertiary/aromatic N) is 2. The molecule has 1 atom stereocenters. The van der Waals surface area contributed by atoms with Gasteiger partial charge in [0.25, 0.3) is 0 Å². The van der Waals surface area contributed by atoms with Crippen LogP contribution in [-0.4, -0.2) is 33.8 Å². The van der Waals surface area contributed by atoms with Crippen LogP contribution in [0.4, 0.5) is 0 Å². The normalized spacial score (nSPS) is 20.5. The Bertz CT molecular complexity index is 365. The van der Waals surface area contributed by atoms with Crippen LogP contribution in [0.5, 0.6) is 0 Å². The molecule has 1 unspecified atom stereocenters. The molecule has 0 aromatic carbocycles. The number of aryl methyl sites for hydroxylation is 1. The summed E-state index contributed by atoms with van der Waals surface area (Å²) in [5, 5.41) is 3.80. The highest BCUT2D eigenvalue weighted by Gasteiger charge is 2.19. The Morgan fingerprint density at radius 1 is 1.41 bits per heavy atom. The van der Waals surface area contributed by atoms with Crippen LogP contribution in [0.15, 0.2) is 6.07 Å². The van der Waals surface area contributed by atoms with Gasteiger partial charge in [-0.05, 0) is 19.5 Å². The van der Waals surface area contributed by atoms with Gasteiger partial charge in [0.1, 0.15) is 5.82 Å². The SMILES string of the molecule is CCNCc1cc(C)nc(C2CSCCS2)n1. The van der Waals surface area contributed by atoms with Gasteiger partial charge in [-0.15, -0.1) is 11.8 Å². The fourth-order valence-electron chi connectivity index (χ4n) is 1.78. The predicted octanol–water partition coefficient (Wildman–Crippen LogP) is 2.42. The maximum absolute atomic E-state index is 4.69. The van der Waals surface area contributed by atoms with E-state index < -0.39 is 0 Å². The molecular weight excluding hydrogens is 250 g/mol. The third-order valence-corrected chi connectivity index (χ3v) is 5.34. The summed E-state index contributed by atoms with van der Waals surface area (Å²) in [5.41, 5.74) is 2.20. The molecule has 0 bridgehead atoms. The maximum Gasteiger partial charge on any atom is 0.142 e. The zero-order chi connectivity index (χ0) is 12.1. The molecule has 1 N–H and O–H groups in total. The smallest absolute Gasteiger partial charge is 0.142 e. The van der Waals surface area contributed by atoms with Crippen LogP contribution in [0.1, 0.15) is 29.4 Å². The second kappa shape index (κ2) is 6.61. The van der Waals surface area contributed by atoms with Crippen molar-refractivity contribution in [2.24, 2.45) is 0 Å². The molecule has 5 heteroatoms. The van der Waals surface area contributed by atoms with E-state index in [0.717, 1.165) is 36.1 Å². The van der Waals surface area contributed by atoms with Crippen molar-refractivity contribution in [2.45, 2.75) is 25.6 Å². The quantitative estimate of drug-likeness (QED) is 0.908. The highest BCUT2D eigenvalue weighted by Crippen LogP contribution is 2.35. The molecule has 1 aliphatic heterocycles. The first-order chi connectivity index (χ1) is 8.29. The number of nitrogens with one attached hydrogen (secondary N) is 1. The molecule has 0 radical (unpaired) electrons. The van der Waals surface area contributed by atoms with E-state index in [1.54, 1.807) is 0 Å². The van der Waals surface area contributed by atoms with E-state index in [1.165, 1.54) is 11.5 Å². The molecule has 2 rings (SSSR count). The zero-order valence-corrected chi connectivity index (χ0v) is 12.0. The summed E-state index contributed by atoms with van der Waals surface area (Å²) in [6.45, 7) is 5.99. The molecule has 17 heavy (non-hydrogen) atoms. The molecule has 94 valence electrons. The van der Waals surface area contributed by atoms with Gasteiger partial charge in [-0.3, -0.25) is 0 Å². The van der Waals surface area contributed by atoms with Gasteiger partial charge in [0.05, 0.1) is 10.9 Å². The maximum atomic E-state index is 4.69. The summed E-state index contributed by atoms with van der Waals surface area (Å²) in [7, 11) is 0. The fraction of sp³-hybridized carbons (Fsp3) is 0.667. The van der Waals surface area contributed by atoms with Crippen molar-refractivity contribution >= 4 is 23.5 Å². The summed E-state index contributed by atoms with van der Waals surface area (Å²) in [5.74, 6) is 4.65. The van der Waals surface area contributed by atoms with E-state index in [4.69, 9.17) is 0 Å². The summed E-state index contributed by atoms with van der Waals surface area (Å²) in [6, 6.07) is 2.08. The molecule has 0 spiro atoms. The average Bonchev–Trinajstić information content (AvgIpc) is 2.37. The van der Waals surface area contributed by atoms with Crippen molar-refractivity contribution in [1.82, 2.24) is 15.3 Å². The first-order valence-electron chi connectivity index (χ1n) is 6.04. The van der Waals surface area contributed by atoms with Gasteiger partial charge < -0.3 is 5.32 Å². The molecule has 0 aliphatic carbocycles. The van der Waals surface area contributed by atoms with E-state index in [1.807, 2.05) is 23.5 Å². The van der Waals surface area contributed by atoms with Crippen LogP contribution in [0.3, 0.4) is 0 Å². The van der Waals surface area contributed by atoms with Gasteiger partial charge in [-0.25, -0.2) is 9.97 Å². The Morgan fingerprint density at radius 3 is 3.00 bits per heavy atom. The van der Waals surface area contributed by atoms with Gasteiger partial charge in [-0.1, -0.05) is 6.92 Å². The predicted molar refractivity (Wildman–Crippen MR) is 76.7 cm³/mol. The lowest BCUT2D eigenvalue weighted by Crippen LogP contribution is -2.16. The third-order valence-electron chi connectivity index (χ3n) is 2.58. The van der Waals surface area contributed by atoms with Gasteiger partial charge >= 0.3 is 0 Å². The van der Waals surface area contributed by atoms with E-state index >= 15 is 0 Å². The highest BCUT2D eigenvalue weighted by molar-refractivity contribution is 8.06. The monoisotopic (exact) mass is 269 g/mol. The number of hydrogen-bond acceptors (Lipinski definition) is 5. The Morgan fingerprint density at radius 2 is 2.29 bits per heavy atom. The highest BCUT2D eigenvalue weighted by atomic mass is 32.2. The van der Waals surface area contributed by atoms with Crippen LogP contribution in [-0.2, 0) is 6.54 Å². The van der Waals surface area contributed by atoms with E-state index in [-0.39, 0.29) is 0 Å². The van der Waals surface area contributed by atoms with E-state index in [2.05, 4.69) is 35.2 Å². The molecule has 1 saturated heterocycles. The van der Waals surface area contributed by atoms with Crippen LogP contribution in [0, 0.1) is 6.92 Å². The van der Waals surface area contributed by atoms with E-state index in [0.29, 0.717) is 5.25 Å². The second-order valence-corrected chi connectivity index (χ2v) is 6.53. The minimum absolute atomic E-state index is 0.481. The number of rotatable bonds is 4. The van der Waals surface area contributed by atoms with Gasteiger partial charge in [0.2, 0.25) is 0 Å². The Hall–Kier alpha value is -0.260. The molecule has 2 heterocycles. The zero-order valence-electron chi connectivity index (χ0n) is 10.4. The fourth-order valence-corrected chi connectivity index (χ4v) is 4.38. The lowest BCUT2D eigenvalue weighted by Gasteiger charge is -2.20. The molecule has 0 saturated carbocycles. The van der Waals surface area contributed by atoms with Gasteiger partial charge in [-0.2, -0.15) is 11.8 Å². The van der Waals surface area contributed by atoms with Crippen molar-refractivity contribution in [3.8, 4) is 0 Å². The third kappa shape index (κ3) is 3.86. The van der Waals surface area contributed by atoms with Crippen molar-refractivity contribution in [2.75, 3.05) is 23.8 Å². The molecule has 1 aromatic heterocycles. The minimum atomic E-state index is 0.481. The largest absolute Gasteiger partial charge is 0.311 e. The van der Waals surface area contributed by atoms with Crippen LogP contribution >= 0.6 is 23.5 Å². The Labute approximate surface area is 112 Å². The molecule has 1 aromatic rings. The van der Waals surface area contributed by atoms with Gasteiger partial charge in [0.15, 0.2) is 0 Å². The van der Waals surface area contributed by atoms with E-state index in [9.17, 15) is 0 Å². The first-order valence-corrected chi connectivity index (χ1v) is 8.24. The average molecular weight is 269 g/mol. The second-order valence-electron chi connectivity index (χ2n) is 4.07. The molecule has 1 aliphatic rings.